The number of hydrogen-bond acceptors (Lipinski definition) is 1. The van der Waals surface area contributed by atoms with E-state index < -0.39 is 0 Å². The lowest BCUT2D eigenvalue weighted by atomic mass is 9.89. The van der Waals surface area contributed by atoms with Crippen LogP contribution in [-0.2, 0) is 4.79 Å². The Morgan fingerprint density at radius 3 is 2.90 bits per heavy atom. The van der Waals surface area contributed by atoms with E-state index in [-0.39, 0.29) is 5.91 Å². The predicted octanol–water partition coefficient (Wildman–Crippen LogP) is 3.88. The van der Waals surface area contributed by atoms with E-state index in [0.717, 1.165) is 23.0 Å². The molecule has 110 valence electrons. The number of carbonyl (C=O) groups is 1. The highest BCUT2D eigenvalue weighted by Crippen LogP contribution is 2.22. The first kappa shape index (κ1) is 13.9. The van der Waals surface area contributed by atoms with Crippen LogP contribution in [0.1, 0.15) is 37.7 Å². The molecule has 1 aromatic carbocycles. The topological polar surface area (TPSA) is 44.9 Å². The molecule has 2 aromatic rings. The minimum Gasteiger partial charge on any atom is -0.361 e. The van der Waals surface area contributed by atoms with Crippen molar-refractivity contribution in [2.24, 2.45) is 5.92 Å². The molecule has 0 atom stereocenters. The van der Waals surface area contributed by atoms with Crippen LogP contribution in [0.15, 0.2) is 36.5 Å². The van der Waals surface area contributed by atoms with Crippen molar-refractivity contribution < 1.29 is 4.79 Å². The van der Waals surface area contributed by atoms with Crippen LogP contribution in [0.2, 0.25) is 0 Å². The summed E-state index contributed by atoms with van der Waals surface area (Å²) in [4.78, 5) is 15.1. The third kappa shape index (κ3) is 3.54. The van der Waals surface area contributed by atoms with Gasteiger partial charge in [-0.05, 0) is 36.5 Å². The van der Waals surface area contributed by atoms with Crippen molar-refractivity contribution in [3.63, 3.8) is 0 Å². The highest BCUT2D eigenvalue weighted by atomic mass is 16.1. The van der Waals surface area contributed by atoms with Crippen molar-refractivity contribution in [3.8, 4) is 0 Å². The largest absolute Gasteiger partial charge is 0.361 e. The maximum Gasteiger partial charge on any atom is 0.244 e. The number of amides is 1. The molecule has 3 rings (SSSR count). The zero-order chi connectivity index (χ0) is 14.5. The van der Waals surface area contributed by atoms with Gasteiger partial charge in [0.2, 0.25) is 5.91 Å². The highest BCUT2D eigenvalue weighted by Gasteiger charge is 2.13. The van der Waals surface area contributed by atoms with Crippen LogP contribution in [0.25, 0.3) is 17.0 Å². The zero-order valence-corrected chi connectivity index (χ0v) is 12.3. The number of hydrogen-bond donors (Lipinski definition) is 2. The lowest BCUT2D eigenvalue weighted by Gasteiger charge is -2.21. The molecule has 0 unspecified atom stereocenters. The molecule has 3 nitrogen and oxygen atoms in total. The van der Waals surface area contributed by atoms with Gasteiger partial charge in [0, 0.05) is 29.7 Å². The molecule has 0 spiro atoms. The summed E-state index contributed by atoms with van der Waals surface area (Å²) in [6.45, 7) is 0.817. The fraction of sp³-hybridized carbons (Fsp3) is 0.389. The molecule has 0 radical (unpaired) electrons. The molecular weight excluding hydrogens is 260 g/mol. The Hall–Kier alpha value is -2.03. The average molecular weight is 282 g/mol. The van der Waals surface area contributed by atoms with E-state index in [9.17, 15) is 4.79 Å². The molecule has 3 heteroatoms. The van der Waals surface area contributed by atoms with Gasteiger partial charge in [0.25, 0.3) is 0 Å². The Labute approximate surface area is 125 Å². The lowest BCUT2D eigenvalue weighted by molar-refractivity contribution is -0.116. The number of nitrogens with one attached hydrogen (secondary N) is 2. The minimum atomic E-state index is 0.00542. The number of benzene rings is 1. The van der Waals surface area contributed by atoms with Crippen molar-refractivity contribution in [2.75, 3.05) is 6.54 Å². The summed E-state index contributed by atoms with van der Waals surface area (Å²) in [5.41, 5.74) is 2.15. The molecule has 1 heterocycles. The van der Waals surface area contributed by atoms with E-state index in [1.807, 2.05) is 30.5 Å². The van der Waals surface area contributed by atoms with Crippen LogP contribution in [0.4, 0.5) is 0 Å². The lowest BCUT2D eigenvalue weighted by Crippen LogP contribution is -2.28. The Bertz CT molecular complexity index is 635. The van der Waals surface area contributed by atoms with E-state index in [1.54, 1.807) is 6.08 Å². The van der Waals surface area contributed by atoms with Crippen LogP contribution in [0.5, 0.6) is 0 Å². The van der Waals surface area contributed by atoms with Gasteiger partial charge in [-0.1, -0.05) is 37.5 Å². The minimum absolute atomic E-state index is 0.00542. The van der Waals surface area contributed by atoms with Crippen LogP contribution in [-0.4, -0.2) is 17.4 Å². The first-order valence-corrected chi connectivity index (χ1v) is 7.85. The Morgan fingerprint density at radius 2 is 2.05 bits per heavy atom. The molecular formula is C18H22N2O. The van der Waals surface area contributed by atoms with Crippen molar-refractivity contribution in [2.45, 2.75) is 32.1 Å². The number of aromatic nitrogens is 1. The second-order valence-corrected chi connectivity index (χ2v) is 5.87. The molecule has 1 amide bonds. The van der Waals surface area contributed by atoms with E-state index in [0.29, 0.717) is 5.92 Å². The van der Waals surface area contributed by atoms with Crippen LogP contribution >= 0.6 is 0 Å². The molecule has 1 saturated carbocycles. The van der Waals surface area contributed by atoms with Gasteiger partial charge < -0.3 is 10.3 Å². The summed E-state index contributed by atoms with van der Waals surface area (Å²) < 4.78 is 0. The Kier molecular flexibility index (Phi) is 4.39. The Balaban J connectivity index is 1.56. The molecule has 2 N–H and O–H groups in total. The van der Waals surface area contributed by atoms with E-state index in [4.69, 9.17) is 0 Å². The maximum atomic E-state index is 11.9. The summed E-state index contributed by atoms with van der Waals surface area (Å²) in [5.74, 6) is 0.676. The molecule has 1 aliphatic rings. The first-order valence-electron chi connectivity index (χ1n) is 7.85. The van der Waals surface area contributed by atoms with Crippen molar-refractivity contribution >= 4 is 22.9 Å². The number of aromatic amines is 1. The van der Waals surface area contributed by atoms with E-state index >= 15 is 0 Å². The van der Waals surface area contributed by atoms with E-state index in [1.165, 1.54) is 32.1 Å². The van der Waals surface area contributed by atoms with Crippen molar-refractivity contribution in [1.82, 2.24) is 10.3 Å². The summed E-state index contributed by atoms with van der Waals surface area (Å²) in [5, 5.41) is 4.17. The molecule has 0 bridgehead atoms. The second-order valence-electron chi connectivity index (χ2n) is 5.87. The quantitative estimate of drug-likeness (QED) is 0.821. The summed E-state index contributed by atoms with van der Waals surface area (Å²) >= 11 is 0. The average Bonchev–Trinajstić information content (AvgIpc) is 2.95. The number of H-pyrrole nitrogens is 1. The van der Waals surface area contributed by atoms with Gasteiger partial charge in [0.1, 0.15) is 0 Å². The SMILES string of the molecule is O=C(C=Cc1c[nH]c2ccccc12)NCC1CCCCC1. The molecule has 0 aliphatic heterocycles. The van der Waals surface area contributed by atoms with Crippen LogP contribution < -0.4 is 5.32 Å². The van der Waals surface area contributed by atoms with Gasteiger partial charge >= 0.3 is 0 Å². The number of rotatable bonds is 4. The van der Waals surface area contributed by atoms with Gasteiger partial charge in [-0.25, -0.2) is 0 Å². The maximum absolute atomic E-state index is 11.9. The Morgan fingerprint density at radius 1 is 1.24 bits per heavy atom. The van der Waals surface area contributed by atoms with Gasteiger partial charge in [-0.2, -0.15) is 0 Å². The second kappa shape index (κ2) is 6.61. The van der Waals surface area contributed by atoms with Crippen molar-refractivity contribution in [3.05, 3.63) is 42.1 Å². The third-order valence-electron chi connectivity index (χ3n) is 4.33. The molecule has 0 saturated heterocycles. The fourth-order valence-electron chi connectivity index (χ4n) is 3.09. The van der Waals surface area contributed by atoms with Crippen molar-refractivity contribution in [1.29, 1.82) is 0 Å². The fourth-order valence-corrected chi connectivity index (χ4v) is 3.09. The monoisotopic (exact) mass is 282 g/mol. The molecule has 21 heavy (non-hydrogen) atoms. The number of carbonyl (C=O) groups excluding carboxylic acids is 1. The van der Waals surface area contributed by atoms with Gasteiger partial charge in [-0.15, -0.1) is 0 Å². The van der Waals surface area contributed by atoms with Gasteiger partial charge in [0.05, 0.1) is 0 Å². The standard InChI is InChI=1S/C18H22N2O/c21-18(20-12-14-6-2-1-3-7-14)11-10-15-13-19-17-9-5-4-8-16(15)17/h4-5,8-11,13-14,19H,1-3,6-7,12H2,(H,20,21). The third-order valence-corrected chi connectivity index (χ3v) is 4.33. The number of fused-ring (bicyclic) bond motifs is 1. The summed E-state index contributed by atoms with van der Waals surface area (Å²) in [7, 11) is 0. The van der Waals surface area contributed by atoms with Crippen LogP contribution in [0.3, 0.4) is 0 Å². The normalized spacial score (nSPS) is 16.6. The summed E-state index contributed by atoms with van der Waals surface area (Å²) in [6.07, 6.45) is 11.9. The van der Waals surface area contributed by atoms with Gasteiger partial charge in [0.15, 0.2) is 0 Å². The molecule has 1 aliphatic carbocycles. The molecule has 1 fully saturated rings. The highest BCUT2D eigenvalue weighted by molar-refractivity contribution is 5.96. The van der Waals surface area contributed by atoms with Gasteiger partial charge in [-0.3, -0.25) is 4.79 Å². The predicted molar refractivity (Wildman–Crippen MR) is 86.9 cm³/mol. The number of para-hydroxylation sites is 1. The first-order chi connectivity index (χ1) is 10.3. The van der Waals surface area contributed by atoms with Crippen LogP contribution in [0, 0.1) is 5.92 Å². The summed E-state index contributed by atoms with van der Waals surface area (Å²) in [6, 6.07) is 8.11. The molecule has 1 aromatic heterocycles. The smallest absolute Gasteiger partial charge is 0.244 e. The van der Waals surface area contributed by atoms with E-state index in [2.05, 4.69) is 16.4 Å². The zero-order valence-electron chi connectivity index (χ0n) is 12.3.